The molecule has 1 fully saturated rings. The fourth-order valence-corrected chi connectivity index (χ4v) is 1.69. The highest BCUT2D eigenvalue weighted by atomic mass is 16.3. The van der Waals surface area contributed by atoms with Gasteiger partial charge < -0.3 is 10.2 Å². The van der Waals surface area contributed by atoms with Crippen LogP contribution in [0.15, 0.2) is 0 Å². The second-order valence-corrected chi connectivity index (χ2v) is 3.20. The first-order chi connectivity index (χ1) is 4.83. The zero-order chi connectivity index (χ0) is 7.40. The summed E-state index contributed by atoms with van der Waals surface area (Å²) in [5.74, 6) is 0.683. The second-order valence-electron chi connectivity index (χ2n) is 3.20. The molecule has 1 aliphatic rings. The third-order valence-corrected chi connectivity index (χ3v) is 2.28. The Hall–Kier alpha value is -0.0800. The van der Waals surface area contributed by atoms with Crippen LogP contribution >= 0.6 is 0 Å². The van der Waals surface area contributed by atoms with Crippen LogP contribution in [0.25, 0.3) is 0 Å². The Bertz CT molecular complexity index is 93.3. The minimum atomic E-state index is -0.0521. The topological polar surface area (TPSA) is 40.5 Å². The van der Waals surface area contributed by atoms with Gasteiger partial charge in [0.2, 0.25) is 0 Å². The predicted octanol–water partition coefficient (Wildman–Crippen LogP) is 0.920. The molecule has 0 bridgehead atoms. The molecule has 0 aliphatic heterocycles. The van der Waals surface area contributed by atoms with Crippen LogP contribution in [0, 0.1) is 5.92 Å². The Morgan fingerprint density at radius 3 is 2.60 bits per heavy atom. The predicted molar refractivity (Wildman–Crippen MR) is 39.7 cm³/mol. The van der Waals surface area contributed by atoms with Gasteiger partial charge in [0.05, 0.1) is 6.10 Å². The zero-order valence-corrected chi connectivity index (χ0v) is 6.29. The number of rotatable bonds is 3. The van der Waals surface area contributed by atoms with Gasteiger partial charge in [-0.1, -0.05) is 0 Å². The second kappa shape index (κ2) is 3.94. The first-order valence-corrected chi connectivity index (χ1v) is 4.12. The molecule has 2 unspecified atom stereocenters. The standard InChI is InChI=1S/C8H16O2/c9-5-1-2-7-3-4-8(10)6-7/h7-10H,1-6H2. The van der Waals surface area contributed by atoms with Gasteiger partial charge in [0.1, 0.15) is 0 Å². The van der Waals surface area contributed by atoms with Crippen molar-refractivity contribution in [1.82, 2.24) is 0 Å². The summed E-state index contributed by atoms with van der Waals surface area (Å²) in [5, 5.41) is 17.7. The average Bonchev–Trinajstić information content (AvgIpc) is 2.31. The van der Waals surface area contributed by atoms with Gasteiger partial charge in [-0.25, -0.2) is 0 Å². The lowest BCUT2D eigenvalue weighted by Gasteiger charge is -2.05. The summed E-state index contributed by atoms with van der Waals surface area (Å²) in [6.45, 7) is 0.298. The molecule has 2 N–H and O–H groups in total. The van der Waals surface area contributed by atoms with E-state index in [9.17, 15) is 0 Å². The fraction of sp³-hybridized carbons (Fsp3) is 1.00. The largest absolute Gasteiger partial charge is 0.396 e. The van der Waals surface area contributed by atoms with Crippen molar-refractivity contribution in [3.8, 4) is 0 Å². The van der Waals surface area contributed by atoms with E-state index in [4.69, 9.17) is 10.2 Å². The summed E-state index contributed by atoms with van der Waals surface area (Å²) >= 11 is 0. The molecule has 1 rings (SSSR count). The van der Waals surface area contributed by atoms with Gasteiger partial charge in [-0.2, -0.15) is 0 Å². The van der Waals surface area contributed by atoms with E-state index in [0.29, 0.717) is 12.5 Å². The molecule has 0 spiro atoms. The Balaban J connectivity index is 2.06. The van der Waals surface area contributed by atoms with Crippen LogP contribution in [-0.2, 0) is 0 Å². The molecule has 0 amide bonds. The van der Waals surface area contributed by atoms with Crippen LogP contribution in [-0.4, -0.2) is 22.9 Å². The van der Waals surface area contributed by atoms with E-state index in [2.05, 4.69) is 0 Å². The molecule has 2 atom stereocenters. The molecule has 0 aromatic heterocycles. The summed E-state index contributed by atoms with van der Waals surface area (Å²) in [4.78, 5) is 0. The molecule has 2 heteroatoms. The third-order valence-electron chi connectivity index (χ3n) is 2.28. The van der Waals surface area contributed by atoms with Crippen LogP contribution in [0.4, 0.5) is 0 Å². The van der Waals surface area contributed by atoms with Crippen molar-refractivity contribution in [2.75, 3.05) is 6.61 Å². The van der Waals surface area contributed by atoms with Crippen molar-refractivity contribution in [3.05, 3.63) is 0 Å². The average molecular weight is 144 g/mol. The van der Waals surface area contributed by atoms with E-state index < -0.39 is 0 Å². The van der Waals surface area contributed by atoms with Gasteiger partial charge >= 0.3 is 0 Å². The van der Waals surface area contributed by atoms with E-state index in [1.54, 1.807) is 0 Å². The Morgan fingerprint density at radius 2 is 2.10 bits per heavy atom. The van der Waals surface area contributed by atoms with Crippen molar-refractivity contribution in [1.29, 1.82) is 0 Å². The minimum Gasteiger partial charge on any atom is -0.396 e. The Labute approximate surface area is 61.9 Å². The molecular weight excluding hydrogens is 128 g/mol. The van der Waals surface area contributed by atoms with Crippen LogP contribution in [0.1, 0.15) is 32.1 Å². The minimum absolute atomic E-state index is 0.0521. The molecule has 0 aromatic carbocycles. The first kappa shape index (κ1) is 8.02. The van der Waals surface area contributed by atoms with Gasteiger partial charge in [-0.05, 0) is 38.0 Å². The lowest BCUT2D eigenvalue weighted by molar-refractivity contribution is 0.175. The summed E-state index contributed by atoms with van der Waals surface area (Å²) in [6, 6.07) is 0. The van der Waals surface area contributed by atoms with Crippen molar-refractivity contribution < 1.29 is 10.2 Å². The molecule has 60 valence electrons. The lowest BCUT2D eigenvalue weighted by atomic mass is 10.0. The zero-order valence-electron chi connectivity index (χ0n) is 6.29. The Morgan fingerprint density at radius 1 is 1.30 bits per heavy atom. The molecule has 0 aromatic rings. The van der Waals surface area contributed by atoms with Gasteiger partial charge in [0.25, 0.3) is 0 Å². The first-order valence-electron chi connectivity index (χ1n) is 4.12. The van der Waals surface area contributed by atoms with Crippen LogP contribution in [0.5, 0.6) is 0 Å². The fourth-order valence-electron chi connectivity index (χ4n) is 1.69. The van der Waals surface area contributed by atoms with E-state index in [-0.39, 0.29) is 6.10 Å². The van der Waals surface area contributed by atoms with Crippen LogP contribution < -0.4 is 0 Å². The van der Waals surface area contributed by atoms with Gasteiger partial charge in [0.15, 0.2) is 0 Å². The maximum absolute atomic E-state index is 9.14. The number of hydrogen-bond donors (Lipinski definition) is 2. The van der Waals surface area contributed by atoms with E-state index in [0.717, 1.165) is 32.1 Å². The maximum atomic E-state index is 9.14. The summed E-state index contributed by atoms with van der Waals surface area (Å²) in [5.41, 5.74) is 0. The number of aliphatic hydroxyl groups excluding tert-OH is 2. The highest BCUT2D eigenvalue weighted by molar-refractivity contribution is 4.74. The number of hydrogen-bond acceptors (Lipinski definition) is 2. The van der Waals surface area contributed by atoms with Crippen molar-refractivity contribution in [3.63, 3.8) is 0 Å². The Kier molecular flexibility index (Phi) is 3.16. The van der Waals surface area contributed by atoms with E-state index in [1.165, 1.54) is 0 Å². The van der Waals surface area contributed by atoms with Gasteiger partial charge in [-0.3, -0.25) is 0 Å². The molecule has 0 saturated heterocycles. The highest BCUT2D eigenvalue weighted by Gasteiger charge is 2.21. The van der Waals surface area contributed by atoms with Crippen LogP contribution in [0.2, 0.25) is 0 Å². The highest BCUT2D eigenvalue weighted by Crippen LogP contribution is 2.28. The van der Waals surface area contributed by atoms with Gasteiger partial charge in [0, 0.05) is 6.61 Å². The van der Waals surface area contributed by atoms with Crippen LogP contribution in [0.3, 0.4) is 0 Å². The smallest absolute Gasteiger partial charge is 0.0543 e. The molecule has 0 radical (unpaired) electrons. The molecule has 1 saturated carbocycles. The van der Waals surface area contributed by atoms with Crippen molar-refractivity contribution in [2.45, 2.75) is 38.2 Å². The SMILES string of the molecule is OCCCC1CCC(O)C1. The van der Waals surface area contributed by atoms with E-state index in [1.807, 2.05) is 0 Å². The van der Waals surface area contributed by atoms with E-state index >= 15 is 0 Å². The quantitative estimate of drug-likeness (QED) is 0.618. The molecule has 2 nitrogen and oxygen atoms in total. The van der Waals surface area contributed by atoms with Crippen molar-refractivity contribution >= 4 is 0 Å². The third kappa shape index (κ3) is 2.27. The van der Waals surface area contributed by atoms with Gasteiger partial charge in [-0.15, -0.1) is 0 Å². The maximum Gasteiger partial charge on any atom is 0.0543 e. The molecule has 10 heavy (non-hydrogen) atoms. The molecular formula is C8H16O2. The number of aliphatic hydroxyl groups is 2. The monoisotopic (exact) mass is 144 g/mol. The lowest BCUT2D eigenvalue weighted by Crippen LogP contribution is -2.00. The molecule has 0 heterocycles. The normalized spacial score (nSPS) is 33.0. The summed E-state index contributed by atoms with van der Waals surface area (Å²) < 4.78 is 0. The van der Waals surface area contributed by atoms with Crippen molar-refractivity contribution in [2.24, 2.45) is 5.92 Å². The molecule has 1 aliphatic carbocycles. The summed E-state index contributed by atoms with van der Waals surface area (Å²) in [7, 11) is 0. The summed E-state index contributed by atoms with van der Waals surface area (Å²) in [6.07, 6.45) is 5.02.